The zero-order chi connectivity index (χ0) is 11.8. The largest absolute Gasteiger partial charge is 0.496 e. The van der Waals surface area contributed by atoms with E-state index in [1.807, 2.05) is 0 Å². The molecule has 1 fully saturated rings. The lowest BCUT2D eigenvalue weighted by atomic mass is 9.90. The number of benzene rings is 1. The van der Waals surface area contributed by atoms with Crippen molar-refractivity contribution in [3.05, 3.63) is 29.3 Å². The molecule has 1 aromatic carbocycles. The Kier molecular flexibility index (Phi) is 2.94. The van der Waals surface area contributed by atoms with Gasteiger partial charge in [-0.15, -0.1) is 0 Å². The zero-order valence-corrected chi connectivity index (χ0v) is 10.4. The van der Waals surface area contributed by atoms with Crippen LogP contribution in [0.3, 0.4) is 0 Å². The lowest BCUT2D eigenvalue weighted by Gasteiger charge is -2.19. The van der Waals surface area contributed by atoms with Crippen LogP contribution in [0, 0.1) is 12.8 Å². The first-order chi connectivity index (χ1) is 7.67. The van der Waals surface area contributed by atoms with Gasteiger partial charge >= 0.3 is 0 Å². The fraction of sp³-hybridized carbons (Fsp3) is 0.571. The minimum Gasteiger partial charge on any atom is -0.496 e. The van der Waals surface area contributed by atoms with Gasteiger partial charge in [0.2, 0.25) is 0 Å². The quantitative estimate of drug-likeness (QED) is 0.845. The summed E-state index contributed by atoms with van der Waals surface area (Å²) in [5.74, 6) is 1.72. The first kappa shape index (κ1) is 11.5. The van der Waals surface area contributed by atoms with Crippen molar-refractivity contribution in [2.45, 2.75) is 32.1 Å². The van der Waals surface area contributed by atoms with Gasteiger partial charge in [0.25, 0.3) is 0 Å². The second kappa shape index (κ2) is 4.10. The van der Waals surface area contributed by atoms with Crippen LogP contribution in [0.2, 0.25) is 0 Å². The highest BCUT2D eigenvalue weighted by molar-refractivity contribution is 5.47. The minimum atomic E-state index is 0.187. The second-order valence-corrected chi connectivity index (χ2v) is 4.87. The summed E-state index contributed by atoms with van der Waals surface area (Å²) in [5.41, 5.74) is 8.76. The molecule has 88 valence electrons. The molecule has 2 rings (SSSR count). The predicted molar refractivity (Wildman–Crippen MR) is 66.9 cm³/mol. The standard InChI is InChI=1S/C14H21NO/c1-4-11-8-14(11,9-15)12-7-10(2)5-6-13(12)16-3/h5-7,11H,4,8-9,15H2,1-3H3. The molecule has 0 amide bonds. The second-order valence-electron chi connectivity index (χ2n) is 4.87. The minimum absolute atomic E-state index is 0.187. The van der Waals surface area contributed by atoms with E-state index in [0.29, 0.717) is 0 Å². The topological polar surface area (TPSA) is 35.2 Å². The highest BCUT2D eigenvalue weighted by Crippen LogP contribution is 2.57. The Morgan fingerprint density at radius 3 is 2.75 bits per heavy atom. The highest BCUT2D eigenvalue weighted by atomic mass is 16.5. The van der Waals surface area contributed by atoms with Crippen LogP contribution >= 0.6 is 0 Å². The first-order valence-corrected chi connectivity index (χ1v) is 6.03. The normalized spacial score (nSPS) is 27.9. The third-order valence-corrected chi connectivity index (χ3v) is 3.98. The smallest absolute Gasteiger partial charge is 0.122 e. The fourth-order valence-electron chi connectivity index (χ4n) is 2.82. The van der Waals surface area contributed by atoms with E-state index in [1.54, 1.807) is 7.11 Å². The van der Waals surface area contributed by atoms with Gasteiger partial charge in [0.15, 0.2) is 0 Å². The molecule has 0 radical (unpaired) electrons. The third kappa shape index (κ3) is 1.61. The highest BCUT2D eigenvalue weighted by Gasteiger charge is 2.54. The third-order valence-electron chi connectivity index (χ3n) is 3.98. The number of rotatable bonds is 4. The van der Waals surface area contributed by atoms with Crippen LogP contribution in [0.4, 0.5) is 0 Å². The van der Waals surface area contributed by atoms with Crippen LogP contribution in [0.1, 0.15) is 30.9 Å². The van der Waals surface area contributed by atoms with Gasteiger partial charge in [-0.3, -0.25) is 0 Å². The number of nitrogens with two attached hydrogens (primary N) is 1. The monoisotopic (exact) mass is 219 g/mol. The number of hydrogen-bond donors (Lipinski definition) is 1. The molecule has 0 saturated heterocycles. The maximum atomic E-state index is 5.98. The van der Waals surface area contributed by atoms with Crippen molar-refractivity contribution < 1.29 is 4.74 Å². The van der Waals surface area contributed by atoms with Crippen molar-refractivity contribution in [1.82, 2.24) is 0 Å². The molecule has 0 aromatic heterocycles. The summed E-state index contributed by atoms with van der Waals surface area (Å²) in [6.07, 6.45) is 2.41. The molecule has 2 heteroatoms. The number of aryl methyl sites for hydroxylation is 1. The summed E-state index contributed by atoms with van der Waals surface area (Å²) < 4.78 is 5.47. The molecule has 1 aliphatic rings. The van der Waals surface area contributed by atoms with Gasteiger partial charge in [0.1, 0.15) is 5.75 Å². The molecule has 1 aliphatic carbocycles. The van der Waals surface area contributed by atoms with Crippen LogP contribution in [-0.4, -0.2) is 13.7 Å². The summed E-state index contributed by atoms with van der Waals surface area (Å²) >= 11 is 0. The van der Waals surface area contributed by atoms with Crippen LogP contribution in [0.25, 0.3) is 0 Å². The summed E-state index contributed by atoms with van der Waals surface area (Å²) in [6.45, 7) is 5.09. The predicted octanol–water partition coefficient (Wildman–Crippen LogP) is 2.63. The molecule has 16 heavy (non-hydrogen) atoms. The van der Waals surface area contributed by atoms with E-state index < -0.39 is 0 Å². The lowest BCUT2D eigenvalue weighted by Crippen LogP contribution is -2.23. The molecule has 0 aliphatic heterocycles. The molecule has 1 aromatic rings. The van der Waals surface area contributed by atoms with E-state index in [2.05, 4.69) is 32.0 Å². The van der Waals surface area contributed by atoms with Crippen molar-refractivity contribution in [2.24, 2.45) is 11.7 Å². The van der Waals surface area contributed by atoms with Crippen LogP contribution in [-0.2, 0) is 5.41 Å². The zero-order valence-electron chi connectivity index (χ0n) is 10.4. The molecule has 2 N–H and O–H groups in total. The average Bonchev–Trinajstić information content (AvgIpc) is 3.04. The van der Waals surface area contributed by atoms with Crippen molar-refractivity contribution in [1.29, 1.82) is 0 Å². The summed E-state index contributed by atoms with van der Waals surface area (Å²) in [4.78, 5) is 0. The van der Waals surface area contributed by atoms with Crippen LogP contribution in [0.5, 0.6) is 5.75 Å². The van der Waals surface area contributed by atoms with E-state index in [-0.39, 0.29) is 5.41 Å². The SMILES string of the molecule is CCC1CC1(CN)c1cc(C)ccc1OC. The maximum absolute atomic E-state index is 5.98. The van der Waals surface area contributed by atoms with Crippen LogP contribution < -0.4 is 10.5 Å². The molecular formula is C14H21NO. The maximum Gasteiger partial charge on any atom is 0.122 e. The summed E-state index contributed by atoms with van der Waals surface area (Å²) in [6, 6.07) is 6.39. The Morgan fingerprint density at radius 2 is 2.25 bits per heavy atom. The van der Waals surface area contributed by atoms with E-state index in [1.165, 1.54) is 24.0 Å². The van der Waals surface area contributed by atoms with Gasteiger partial charge in [-0.2, -0.15) is 0 Å². The Hall–Kier alpha value is -1.02. The molecule has 0 spiro atoms. The van der Waals surface area contributed by atoms with Crippen molar-refractivity contribution in [2.75, 3.05) is 13.7 Å². The molecule has 2 atom stereocenters. The van der Waals surface area contributed by atoms with Crippen molar-refractivity contribution in [3.63, 3.8) is 0 Å². The molecule has 0 bridgehead atoms. The molecule has 1 saturated carbocycles. The Labute approximate surface area is 97.8 Å². The Balaban J connectivity index is 2.42. The van der Waals surface area contributed by atoms with E-state index in [4.69, 9.17) is 10.5 Å². The van der Waals surface area contributed by atoms with Gasteiger partial charge in [0, 0.05) is 17.5 Å². The number of hydrogen-bond acceptors (Lipinski definition) is 2. The van der Waals surface area contributed by atoms with Gasteiger partial charge in [0.05, 0.1) is 7.11 Å². The molecule has 2 nitrogen and oxygen atoms in total. The van der Waals surface area contributed by atoms with Crippen molar-refractivity contribution in [3.8, 4) is 5.75 Å². The molecule has 0 heterocycles. The van der Waals surface area contributed by atoms with E-state index >= 15 is 0 Å². The summed E-state index contributed by atoms with van der Waals surface area (Å²) in [5, 5.41) is 0. The average molecular weight is 219 g/mol. The first-order valence-electron chi connectivity index (χ1n) is 6.03. The van der Waals surface area contributed by atoms with Gasteiger partial charge < -0.3 is 10.5 Å². The number of ether oxygens (including phenoxy) is 1. The van der Waals surface area contributed by atoms with E-state index in [0.717, 1.165) is 18.2 Å². The Morgan fingerprint density at radius 1 is 1.50 bits per heavy atom. The summed E-state index contributed by atoms with van der Waals surface area (Å²) in [7, 11) is 1.74. The van der Waals surface area contributed by atoms with E-state index in [9.17, 15) is 0 Å². The molecule has 2 unspecified atom stereocenters. The fourth-order valence-corrected chi connectivity index (χ4v) is 2.82. The van der Waals surface area contributed by atoms with Gasteiger partial charge in [-0.25, -0.2) is 0 Å². The van der Waals surface area contributed by atoms with Crippen LogP contribution in [0.15, 0.2) is 18.2 Å². The van der Waals surface area contributed by atoms with Gasteiger partial charge in [-0.05, 0) is 25.3 Å². The molecular weight excluding hydrogens is 198 g/mol. The van der Waals surface area contributed by atoms with Gasteiger partial charge in [-0.1, -0.05) is 31.0 Å². The Bertz CT molecular complexity index is 388. The number of methoxy groups -OCH3 is 1. The lowest BCUT2D eigenvalue weighted by molar-refractivity contribution is 0.401. The van der Waals surface area contributed by atoms with Crippen molar-refractivity contribution >= 4 is 0 Å².